The molecule has 0 aliphatic carbocycles. The molecule has 4 heteroatoms. The van der Waals surface area contributed by atoms with Gasteiger partial charge in [-0.05, 0) is 44.7 Å². The molecule has 1 saturated heterocycles. The van der Waals surface area contributed by atoms with Crippen LogP contribution in [-0.2, 0) is 4.79 Å². The van der Waals surface area contributed by atoms with Crippen molar-refractivity contribution in [3.8, 4) is 0 Å². The highest BCUT2D eigenvalue weighted by atomic mass is 16.3. The summed E-state index contributed by atoms with van der Waals surface area (Å²) in [6.45, 7) is 6.31. The van der Waals surface area contributed by atoms with Gasteiger partial charge in [0.15, 0.2) is 0 Å². The van der Waals surface area contributed by atoms with Gasteiger partial charge in [0.1, 0.15) is 0 Å². The van der Waals surface area contributed by atoms with E-state index in [4.69, 9.17) is 5.11 Å². The molecule has 1 fully saturated rings. The van der Waals surface area contributed by atoms with Crippen LogP contribution in [0.2, 0.25) is 0 Å². The largest absolute Gasteiger partial charge is 0.392 e. The first kappa shape index (κ1) is 13.5. The average molecular weight is 228 g/mol. The number of aliphatic hydroxyl groups excluding tert-OH is 1. The summed E-state index contributed by atoms with van der Waals surface area (Å²) in [5.41, 5.74) is 0. The summed E-state index contributed by atoms with van der Waals surface area (Å²) < 4.78 is 0. The zero-order valence-electron chi connectivity index (χ0n) is 10.3. The minimum Gasteiger partial charge on any atom is -0.392 e. The topological polar surface area (TPSA) is 61.4 Å². The summed E-state index contributed by atoms with van der Waals surface area (Å²) >= 11 is 0. The van der Waals surface area contributed by atoms with Crippen LogP contribution < -0.4 is 10.6 Å². The van der Waals surface area contributed by atoms with E-state index in [0.717, 1.165) is 13.1 Å². The van der Waals surface area contributed by atoms with Gasteiger partial charge in [-0.15, -0.1) is 0 Å². The first-order valence-corrected chi connectivity index (χ1v) is 6.25. The molecule has 0 aromatic heterocycles. The maximum absolute atomic E-state index is 11.6. The third-order valence-electron chi connectivity index (χ3n) is 3.24. The summed E-state index contributed by atoms with van der Waals surface area (Å²) in [4.78, 5) is 11.6. The quantitative estimate of drug-likeness (QED) is 0.642. The number of piperidine rings is 1. The van der Waals surface area contributed by atoms with Crippen molar-refractivity contribution in [1.29, 1.82) is 0 Å². The van der Waals surface area contributed by atoms with E-state index in [2.05, 4.69) is 17.6 Å². The molecule has 1 rings (SSSR count). The van der Waals surface area contributed by atoms with Gasteiger partial charge in [0.05, 0.1) is 6.10 Å². The number of rotatable bonds is 5. The van der Waals surface area contributed by atoms with Crippen LogP contribution in [0.25, 0.3) is 0 Å². The predicted molar refractivity (Wildman–Crippen MR) is 64.1 cm³/mol. The number of amides is 1. The SMILES string of the molecule is CC(O)CNC(=O)CC(C)C1CCCNC1. The van der Waals surface area contributed by atoms with Gasteiger partial charge in [-0.1, -0.05) is 6.92 Å². The Hall–Kier alpha value is -0.610. The second-order valence-electron chi connectivity index (χ2n) is 4.94. The molecule has 0 radical (unpaired) electrons. The smallest absolute Gasteiger partial charge is 0.220 e. The Morgan fingerprint density at radius 2 is 2.31 bits per heavy atom. The van der Waals surface area contributed by atoms with Gasteiger partial charge in [0.2, 0.25) is 5.91 Å². The van der Waals surface area contributed by atoms with E-state index in [9.17, 15) is 4.79 Å². The van der Waals surface area contributed by atoms with Crippen LogP contribution in [0.1, 0.15) is 33.1 Å². The lowest BCUT2D eigenvalue weighted by atomic mass is 9.85. The van der Waals surface area contributed by atoms with Crippen molar-refractivity contribution in [2.45, 2.75) is 39.2 Å². The third-order valence-corrected chi connectivity index (χ3v) is 3.24. The second-order valence-corrected chi connectivity index (χ2v) is 4.94. The van der Waals surface area contributed by atoms with Crippen molar-refractivity contribution in [2.75, 3.05) is 19.6 Å². The Balaban J connectivity index is 2.21. The van der Waals surface area contributed by atoms with Crippen molar-refractivity contribution in [1.82, 2.24) is 10.6 Å². The minimum atomic E-state index is -0.462. The van der Waals surface area contributed by atoms with Crippen LogP contribution in [0.15, 0.2) is 0 Å². The highest BCUT2D eigenvalue weighted by Gasteiger charge is 2.21. The van der Waals surface area contributed by atoms with E-state index >= 15 is 0 Å². The molecule has 1 aliphatic heterocycles. The molecule has 0 aromatic rings. The van der Waals surface area contributed by atoms with Crippen LogP contribution >= 0.6 is 0 Å². The van der Waals surface area contributed by atoms with Crippen LogP contribution in [0, 0.1) is 11.8 Å². The van der Waals surface area contributed by atoms with Crippen LogP contribution in [0.5, 0.6) is 0 Å². The first-order chi connectivity index (χ1) is 7.59. The number of hydrogen-bond donors (Lipinski definition) is 3. The molecular weight excluding hydrogens is 204 g/mol. The van der Waals surface area contributed by atoms with Gasteiger partial charge in [0.25, 0.3) is 0 Å². The van der Waals surface area contributed by atoms with Gasteiger partial charge in [0, 0.05) is 13.0 Å². The minimum absolute atomic E-state index is 0.0546. The maximum Gasteiger partial charge on any atom is 0.220 e. The molecule has 0 aromatic carbocycles. The van der Waals surface area contributed by atoms with Crippen molar-refractivity contribution in [2.24, 2.45) is 11.8 Å². The van der Waals surface area contributed by atoms with E-state index in [0.29, 0.717) is 24.8 Å². The van der Waals surface area contributed by atoms with Crippen LogP contribution in [-0.4, -0.2) is 36.8 Å². The second kappa shape index (κ2) is 6.86. The average Bonchev–Trinajstić information content (AvgIpc) is 2.27. The van der Waals surface area contributed by atoms with E-state index in [1.54, 1.807) is 6.92 Å². The number of nitrogens with one attached hydrogen (secondary N) is 2. The molecule has 0 saturated carbocycles. The third kappa shape index (κ3) is 4.94. The first-order valence-electron chi connectivity index (χ1n) is 6.25. The number of hydrogen-bond acceptors (Lipinski definition) is 3. The lowest BCUT2D eigenvalue weighted by Gasteiger charge is -2.28. The van der Waals surface area contributed by atoms with Crippen molar-refractivity contribution < 1.29 is 9.90 Å². The van der Waals surface area contributed by atoms with Gasteiger partial charge in [-0.2, -0.15) is 0 Å². The summed E-state index contributed by atoms with van der Waals surface area (Å²) in [6.07, 6.45) is 2.54. The summed E-state index contributed by atoms with van der Waals surface area (Å²) in [5, 5.41) is 15.2. The zero-order valence-corrected chi connectivity index (χ0v) is 10.3. The predicted octanol–water partition coefficient (Wildman–Crippen LogP) is 0.509. The van der Waals surface area contributed by atoms with E-state index < -0.39 is 6.10 Å². The Labute approximate surface area is 97.8 Å². The normalized spacial score (nSPS) is 24.8. The summed E-state index contributed by atoms with van der Waals surface area (Å²) in [5.74, 6) is 1.09. The fourth-order valence-corrected chi connectivity index (χ4v) is 2.16. The lowest BCUT2D eigenvalue weighted by Crippen LogP contribution is -2.36. The molecule has 3 atom stereocenters. The zero-order chi connectivity index (χ0) is 12.0. The fraction of sp³-hybridized carbons (Fsp3) is 0.917. The number of aliphatic hydroxyl groups is 1. The summed E-state index contributed by atoms with van der Waals surface area (Å²) in [7, 11) is 0. The molecule has 3 unspecified atom stereocenters. The molecule has 0 spiro atoms. The molecule has 1 aliphatic rings. The summed E-state index contributed by atoms with van der Waals surface area (Å²) in [6, 6.07) is 0. The lowest BCUT2D eigenvalue weighted by molar-refractivity contribution is -0.122. The van der Waals surface area contributed by atoms with Crippen molar-refractivity contribution >= 4 is 5.91 Å². The Morgan fingerprint density at radius 3 is 2.88 bits per heavy atom. The molecule has 94 valence electrons. The molecule has 1 heterocycles. The number of carbonyl (C=O) groups is 1. The fourth-order valence-electron chi connectivity index (χ4n) is 2.16. The van der Waals surface area contributed by atoms with Gasteiger partial charge >= 0.3 is 0 Å². The Kier molecular flexibility index (Phi) is 5.77. The highest BCUT2D eigenvalue weighted by Crippen LogP contribution is 2.22. The monoisotopic (exact) mass is 228 g/mol. The highest BCUT2D eigenvalue weighted by molar-refractivity contribution is 5.76. The van der Waals surface area contributed by atoms with E-state index in [-0.39, 0.29) is 5.91 Å². The molecule has 16 heavy (non-hydrogen) atoms. The van der Waals surface area contributed by atoms with Crippen molar-refractivity contribution in [3.63, 3.8) is 0 Å². The Morgan fingerprint density at radius 1 is 1.56 bits per heavy atom. The molecular formula is C12H24N2O2. The van der Waals surface area contributed by atoms with Crippen LogP contribution in [0.3, 0.4) is 0 Å². The van der Waals surface area contributed by atoms with Gasteiger partial charge in [-0.25, -0.2) is 0 Å². The van der Waals surface area contributed by atoms with E-state index in [1.807, 2.05) is 0 Å². The van der Waals surface area contributed by atoms with Gasteiger partial charge in [-0.3, -0.25) is 4.79 Å². The number of carbonyl (C=O) groups excluding carboxylic acids is 1. The molecule has 3 N–H and O–H groups in total. The molecule has 4 nitrogen and oxygen atoms in total. The molecule has 1 amide bonds. The molecule has 0 bridgehead atoms. The Bertz CT molecular complexity index is 213. The standard InChI is InChI=1S/C12H24N2O2/c1-9(11-4-3-5-13-8-11)6-12(16)14-7-10(2)15/h9-11,13,15H,3-8H2,1-2H3,(H,14,16). The maximum atomic E-state index is 11.6. The van der Waals surface area contributed by atoms with E-state index in [1.165, 1.54) is 12.8 Å². The van der Waals surface area contributed by atoms with Crippen LogP contribution in [0.4, 0.5) is 0 Å². The van der Waals surface area contributed by atoms with Crippen molar-refractivity contribution in [3.05, 3.63) is 0 Å². The van der Waals surface area contributed by atoms with Gasteiger partial charge < -0.3 is 15.7 Å².